The van der Waals surface area contributed by atoms with Gasteiger partial charge in [0.25, 0.3) is 0 Å². The van der Waals surface area contributed by atoms with Crippen LogP contribution in [0, 0.1) is 17.2 Å². The molecule has 43 heavy (non-hydrogen) atoms. The number of nitrogens with one attached hydrogen (secondary N) is 4. The number of benzene rings is 2. The summed E-state index contributed by atoms with van der Waals surface area (Å²) in [5.41, 5.74) is 5.57. The summed E-state index contributed by atoms with van der Waals surface area (Å²) in [6, 6.07) is 11.5. The Hall–Kier alpha value is -4.44. The molecule has 0 saturated carbocycles. The minimum atomic E-state index is -0.267. The summed E-state index contributed by atoms with van der Waals surface area (Å²) in [5.74, 6) is 2.51. The van der Waals surface area contributed by atoms with Crippen LogP contribution in [0.3, 0.4) is 0 Å². The van der Waals surface area contributed by atoms with Crippen LogP contribution in [0.15, 0.2) is 55.4 Å². The van der Waals surface area contributed by atoms with Crippen LogP contribution in [0.1, 0.15) is 31.2 Å². The molecular formula is C33H42N8O2. The number of amides is 1. The number of hydrogen-bond donors (Lipinski definition) is 4. The Labute approximate surface area is 254 Å². The molecule has 3 heterocycles. The number of likely N-dealkylation sites (tertiary alicyclic amines) is 1. The summed E-state index contributed by atoms with van der Waals surface area (Å²) in [6.07, 6.45) is 8.97. The van der Waals surface area contributed by atoms with E-state index in [-0.39, 0.29) is 5.91 Å². The molecule has 3 aromatic rings. The lowest BCUT2D eigenvalue weighted by atomic mass is 9.79. The van der Waals surface area contributed by atoms with Crippen molar-refractivity contribution in [2.75, 3.05) is 68.2 Å². The first-order chi connectivity index (χ1) is 20.9. The number of rotatable bonds is 10. The number of aromatic nitrogens is 2. The van der Waals surface area contributed by atoms with Gasteiger partial charge in [0, 0.05) is 55.3 Å². The molecule has 1 aromatic heterocycles. The van der Waals surface area contributed by atoms with Crippen LogP contribution in [-0.4, -0.2) is 74.4 Å². The predicted octanol–water partition coefficient (Wildman–Crippen LogP) is 5.62. The summed E-state index contributed by atoms with van der Waals surface area (Å²) in [6.45, 7) is 7.90. The fraction of sp³-hybridized carbons (Fsp3) is 0.394. The fourth-order valence-electron chi connectivity index (χ4n) is 6.27. The molecule has 0 radical (unpaired) electrons. The minimum absolute atomic E-state index is 0.267. The Bertz CT molecular complexity index is 1460. The largest absolute Gasteiger partial charge is 0.494 e. The van der Waals surface area contributed by atoms with Crippen molar-refractivity contribution in [2.24, 2.45) is 11.8 Å². The first kappa shape index (κ1) is 30.0. The molecule has 0 atom stereocenters. The molecule has 0 unspecified atom stereocenters. The second kappa shape index (κ2) is 13.7. The van der Waals surface area contributed by atoms with Crippen LogP contribution in [0.4, 0.5) is 28.6 Å². The summed E-state index contributed by atoms with van der Waals surface area (Å²) in [5, 5.41) is 17.1. The van der Waals surface area contributed by atoms with Crippen molar-refractivity contribution in [3.63, 3.8) is 0 Å². The summed E-state index contributed by atoms with van der Waals surface area (Å²) >= 11 is 0. The van der Waals surface area contributed by atoms with Gasteiger partial charge in [0.05, 0.1) is 29.9 Å². The van der Waals surface area contributed by atoms with Gasteiger partial charge in [-0.2, -0.15) is 0 Å². The zero-order valence-corrected chi connectivity index (χ0v) is 25.3. The molecule has 0 spiro atoms. The lowest BCUT2D eigenvalue weighted by molar-refractivity contribution is -0.111. The van der Waals surface area contributed by atoms with Crippen LogP contribution in [-0.2, 0) is 4.79 Å². The molecule has 10 nitrogen and oxygen atoms in total. The molecule has 4 N–H and O–H groups in total. The maximum absolute atomic E-state index is 12.5. The monoisotopic (exact) mass is 582 g/mol. The Kier molecular flexibility index (Phi) is 9.56. The van der Waals surface area contributed by atoms with E-state index in [1.807, 2.05) is 43.4 Å². The third kappa shape index (κ3) is 6.97. The Balaban J connectivity index is 1.39. The second-order valence-corrected chi connectivity index (χ2v) is 11.3. The minimum Gasteiger partial charge on any atom is -0.494 e. The van der Waals surface area contributed by atoms with Crippen molar-refractivity contribution in [2.45, 2.75) is 25.7 Å². The molecule has 1 amide bonds. The van der Waals surface area contributed by atoms with Crippen LogP contribution in [0.25, 0.3) is 11.3 Å². The number of nitrogens with zero attached hydrogens (tertiary/aromatic N) is 4. The highest BCUT2D eigenvalue weighted by Crippen LogP contribution is 2.41. The standard InChI is InChI=1S/C33H42N8O2/c1-5-33(42)39-28-17-29(38-32-18-27(36-21-37-32)24-6-7-25(20-34)26(16-24)35-2)31(43-4)19-30(28)41-14-10-23(11-15-41)22-8-12-40(3)13-9-22/h5-7,16-23,34-35H,1,8-15H2,2-4H3,(H,39,42)(H,36,37,38). The molecule has 2 fully saturated rings. The van der Waals surface area contributed by atoms with Gasteiger partial charge in [0.15, 0.2) is 0 Å². The Morgan fingerprint density at radius 3 is 2.37 bits per heavy atom. The fourth-order valence-corrected chi connectivity index (χ4v) is 6.27. The van der Waals surface area contributed by atoms with Gasteiger partial charge in [-0.05, 0) is 75.9 Å². The third-order valence-electron chi connectivity index (χ3n) is 8.77. The van der Waals surface area contributed by atoms with E-state index in [0.29, 0.717) is 22.9 Å². The van der Waals surface area contributed by atoms with Crippen LogP contribution < -0.4 is 25.6 Å². The van der Waals surface area contributed by atoms with E-state index in [4.69, 9.17) is 10.1 Å². The Morgan fingerprint density at radius 1 is 1.00 bits per heavy atom. The van der Waals surface area contributed by atoms with Crippen molar-refractivity contribution >= 4 is 40.7 Å². The van der Waals surface area contributed by atoms with Crippen molar-refractivity contribution in [1.82, 2.24) is 14.9 Å². The molecule has 5 rings (SSSR count). The molecule has 0 aliphatic carbocycles. The number of anilines is 5. The third-order valence-corrected chi connectivity index (χ3v) is 8.77. The van der Waals surface area contributed by atoms with Gasteiger partial charge in [-0.3, -0.25) is 4.79 Å². The number of carbonyl (C=O) groups excluding carboxylic acids is 1. The van der Waals surface area contributed by atoms with Crippen molar-refractivity contribution in [3.05, 3.63) is 60.9 Å². The average Bonchev–Trinajstić information content (AvgIpc) is 3.05. The number of methoxy groups -OCH3 is 1. The first-order valence-corrected chi connectivity index (χ1v) is 14.9. The van der Waals surface area contributed by atoms with Gasteiger partial charge in [-0.25, -0.2) is 9.97 Å². The number of hydrogen-bond acceptors (Lipinski definition) is 9. The van der Waals surface area contributed by atoms with Gasteiger partial charge in [0.1, 0.15) is 17.9 Å². The van der Waals surface area contributed by atoms with Gasteiger partial charge in [-0.15, -0.1) is 0 Å². The molecular weight excluding hydrogens is 540 g/mol. The summed E-state index contributed by atoms with van der Waals surface area (Å²) in [7, 11) is 5.69. The van der Waals surface area contributed by atoms with E-state index in [0.717, 1.165) is 66.0 Å². The lowest BCUT2D eigenvalue weighted by Crippen LogP contribution is -2.40. The van der Waals surface area contributed by atoms with E-state index in [9.17, 15) is 4.79 Å². The zero-order chi connectivity index (χ0) is 30.3. The smallest absolute Gasteiger partial charge is 0.247 e. The molecule has 2 aromatic carbocycles. The number of piperidine rings is 2. The molecule has 226 valence electrons. The molecule has 2 aliphatic rings. The van der Waals surface area contributed by atoms with Crippen molar-refractivity contribution < 1.29 is 9.53 Å². The SMILES string of the molecule is C=CC(=O)Nc1cc(Nc2cc(-c3ccc(C=N)c(NC)c3)ncn2)c(OC)cc1N1CCC(C2CCN(C)CC2)CC1. The number of carbonyl (C=O) groups is 1. The van der Waals surface area contributed by atoms with Crippen molar-refractivity contribution in [3.8, 4) is 17.0 Å². The van der Waals surface area contributed by atoms with E-state index in [2.05, 4.69) is 49.3 Å². The van der Waals surface area contributed by atoms with E-state index < -0.39 is 0 Å². The normalized spacial score (nSPS) is 16.4. The molecule has 2 saturated heterocycles. The molecule has 2 aliphatic heterocycles. The zero-order valence-electron chi connectivity index (χ0n) is 25.3. The lowest BCUT2D eigenvalue weighted by Gasteiger charge is -2.40. The second-order valence-electron chi connectivity index (χ2n) is 11.3. The quantitative estimate of drug-likeness (QED) is 0.180. The van der Waals surface area contributed by atoms with Gasteiger partial charge < -0.3 is 35.9 Å². The highest BCUT2D eigenvalue weighted by Gasteiger charge is 2.30. The first-order valence-electron chi connectivity index (χ1n) is 14.9. The highest BCUT2D eigenvalue weighted by molar-refractivity contribution is 6.02. The van der Waals surface area contributed by atoms with E-state index in [1.54, 1.807) is 7.11 Å². The van der Waals surface area contributed by atoms with Crippen LogP contribution >= 0.6 is 0 Å². The van der Waals surface area contributed by atoms with Crippen molar-refractivity contribution in [1.29, 1.82) is 5.41 Å². The predicted molar refractivity (Wildman–Crippen MR) is 175 cm³/mol. The maximum atomic E-state index is 12.5. The van der Waals surface area contributed by atoms with Crippen LogP contribution in [0.5, 0.6) is 5.75 Å². The van der Waals surface area contributed by atoms with Gasteiger partial charge in [0.2, 0.25) is 5.91 Å². The Morgan fingerprint density at radius 2 is 1.72 bits per heavy atom. The average molecular weight is 583 g/mol. The topological polar surface area (TPSA) is 118 Å². The highest BCUT2D eigenvalue weighted by atomic mass is 16.5. The summed E-state index contributed by atoms with van der Waals surface area (Å²) < 4.78 is 5.83. The number of ether oxygens (including phenoxy) is 1. The molecule has 10 heteroatoms. The van der Waals surface area contributed by atoms with E-state index >= 15 is 0 Å². The maximum Gasteiger partial charge on any atom is 0.247 e. The van der Waals surface area contributed by atoms with E-state index in [1.165, 1.54) is 44.5 Å². The summed E-state index contributed by atoms with van der Waals surface area (Å²) in [4.78, 5) is 26.2. The van der Waals surface area contributed by atoms with Gasteiger partial charge >= 0.3 is 0 Å². The van der Waals surface area contributed by atoms with Gasteiger partial charge in [-0.1, -0.05) is 18.7 Å². The molecule has 0 bridgehead atoms. The van der Waals surface area contributed by atoms with Crippen LogP contribution in [0.2, 0.25) is 0 Å².